The first kappa shape index (κ1) is 12.9. The lowest BCUT2D eigenvalue weighted by Gasteiger charge is -2.26. The zero-order chi connectivity index (χ0) is 11.5. The molecule has 0 aromatic carbocycles. The van der Waals surface area contributed by atoms with E-state index in [2.05, 4.69) is 0 Å². The van der Waals surface area contributed by atoms with Crippen LogP contribution in [-0.4, -0.2) is 41.0 Å². The van der Waals surface area contributed by atoms with Gasteiger partial charge in [0.25, 0.3) is 0 Å². The number of carbonyl (C=O) groups excluding carboxylic acids is 1. The number of nitrogens with two attached hydrogens (primary N) is 1. The molecule has 1 unspecified atom stereocenters. The molecule has 0 rings (SSSR count). The fourth-order valence-corrected chi connectivity index (χ4v) is 0.877. The van der Waals surface area contributed by atoms with E-state index in [4.69, 9.17) is 10.8 Å². The van der Waals surface area contributed by atoms with Crippen molar-refractivity contribution >= 4 is 11.9 Å². The van der Waals surface area contributed by atoms with Crippen molar-refractivity contribution in [2.45, 2.75) is 32.9 Å². The molecule has 0 aliphatic heterocycles. The van der Waals surface area contributed by atoms with Crippen molar-refractivity contribution < 1.29 is 14.7 Å². The molecular formula is C9H18N2O3. The standard InChI is InChI=1S/C9H18N2O3/c1-5(2)7(10)8(12)11(4)6(3)9(13)14/h5-7H,10H2,1-4H3,(H,13,14)/t6?,7-/m0/s1. The van der Waals surface area contributed by atoms with Gasteiger partial charge in [0.2, 0.25) is 5.91 Å². The maximum absolute atomic E-state index is 11.6. The first-order valence-corrected chi connectivity index (χ1v) is 4.54. The third-order valence-corrected chi connectivity index (χ3v) is 2.29. The Morgan fingerprint density at radius 3 is 2.00 bits per heavy atom. The summed E-state index contributed by atoms with van der Waals surface area (Å²) in [6.45, 7) is 5.09. The molecule has 0 radical (unpaired) electrons. The molecule has 0 saturated carbocycles. The first-order valence-electron chi connectivity index (χ1n) is 4.54. The van der Waals surface area contributed by atoms with Gasteiger partial charge in [-0.3, -0.25) is 4.79 Å². The molecule has 0 fully saturated rings. The Morgan fingerprint density at radius 2 is 1.71 bits per heavy atom. The number of carbonyl (C=O) groups is 2. The van der Waals surface area contributed by atoms with E-state index in [1.807, 2.05) is 13.8 Å². The van der Waals surface area contributed by atoms with E-state index in [0.29, 0.717) is 0 Å². The van der Waals surface area contributed by atoms with Crippen LogP contribution in [0.2, 0.25) is 0 Å². The Hall–Kier alpha value is -1.10. The fourth-order valence-electron chi connectivity index (χ4n) is 0.877. The summed E-state index contributed by atoms with van der Waals surface area (Å²) in [6.07, 6.45) is 0. The predicted molar refractivity (Wildman–Crippen MR) is 52.7 cm³/mol. The Kier molecular flexibility index (Phi) is 4.56. The molecule has 0 aromatic rings. The average Bonchev–Trinajstić information content (AvgIpc) is 2.12. The van der Waals surface area contributed by atoms with E-state index in [1.165, 1.54) is 14.0 Å². The van der Waals surface area contributed by atoms with Crippen LogP contribution in [0.15, 0.2) is 0 Å². The quantitative estimate of drug-likeness (QED) is 0.667. The molecule has 82 valence electrons. The number of amides is 1. The molecule has 5 nitrogen and oxygen atoms in total. The van der Waals surface area contributed by atoms with Crippen molar-refractivity contribution in [1.82, 2.24) is 4.90 Å². The highest BCUT2D eigenvalue weighted by Gasteiger charge is 2.27. The lowest BCUT2D eigenvalue weighted by Crippen LogP contribution is -2.50. The average molecular weight is 202 g/mol. The van der Waals surface area contributed by atoms with Gasteiger partial charge in [0.05, 0.1) is 6.04 Å². The van der Waals surface area contributed by atoms with Crippen molar-refractivity contribution in [2.75, 3.05) is 7.05 Å². The molecule has 0 aliphatic rings. The van der Waals surface area contributed by atoms with Gasteiger partial charge >= 0.3 is 5.97 Å². The number of carboxylic acids is 1. The van der Waals surface area contributed by atoms with E-state index >= 15 is 0 Å². The maximum atomic E-state index is 11.6. The minimum Gasteiger partial charge on any atom is -0.480 e. The molecule has 0 heterocycles. The normalized spacial score (nSPS) is 15.0. The van der Waals surface area contributed by atoms with Crippen LogP contribution in [0.5, 0.6) is 0 Å². The molecule has 5 heteroatoms. The van der Waals surface area contributed by atoms with Crippen LogP contribution in [0.25, 0.3) is 0 Å². The Labute approximate surface area is 83.9 Å². The number of carboxylic acid groups (broad SMARTS) is 1. The summed E-state index contributed by atoms with van der Waals surface area (Å²) in [5.41, 5.74) is 5.61. The number of hydrogen-bond acceptors (Lipinski definition) is 3. The van der Waals surface area contributed by atoms with Crippen LogP contribution in [0.1, 0.15) is 20.8 Å². The van der Waals surface area contributed by atoms with Gasteiger partial charge in [-0.1, -0.05) is 13.8 Å². The lowest BCUT2D eigenvalue weighted by molar-refractivity contribution is -0.149. The Balaban J connectivity index is 4.46. The third kappa shape index (κ3) is 2.99. The highest BCUT2D eigenvalue weighted by molar-refractivity contribution is 5.86. The second-order valence-electron chi connectivity index (χ2n) is 3.73. The van der Waals surface area contributed by atoms with Crippen LogP contribution in [0.4, 0.5) is 0 Å². The van der Waals surface area contributed by atoms with E-state index < -0.39 is 18.1 Å². The molecule has 0 bridgehead atoms. The number of aliphatic carboxylic acids is 1. The van der Waals surface area contributed by atoms with Crippen molar-refractivity contribution in [3.05, 3.63) is 0 Å². The molecule has 2 atom stereocenters. The van der Waals surface area contributed by atoms with Crippen molar-refractivity contribution in [2.24, 2.45) is 11.7 Å². The number of nitrogens with zero attached hydrogens (tertiary/aromatic N) is 1. The smallest absolute Gasteiger partial charge is 0.326 e. The van der Waals surface area contributed by atoms with Gasteiger partial charge in [-0.25, -0.2) is 4.79 Å². The molecule has 14 heavy (non-hydrogen) atoms. The van der Waals surface area contributed by atoms with Gasteiger partial charge in [-0.15, -0.1) is 0 Å². The van der Waals surface area contributed by atoms with Crippen LogP contribution in [0, 0.1) is 5.92 Å². The second kappa shape index (κ2) is 4.95. The minimum atomic E-state index is -1.03. The molecule has 3 N–H and O–H groups in total. The molecule has 1 amide bonds. The van der Waals surface area contributed by atoms with Gasteiger partial charge in [0.15, 0.2) is 0 Å². The van der Waals surface area contributed by atoms with Gasteiger partial charge in [0, 0.05) is 7.05 Å². The molecule has 0 aliphatic carbocycles. The third-order valence-electron chi connectivity index (χ3n) is 2.29. The van der Waals surface area contributed by atoms with Crippen molar-refractivity contribution in [3.63, 3.8) is 0 Å². The summed E-state index contributed by atoms with van der Waals surface area (Å²) in [7, 11) is 1.45. The summed E-state index contributed by atoms with van der Waals surface area (Å²) in [4.78, 5) is 23.3. The second-order valence-corrected chi connectivity index (χ2v) is 3.73. The van der Waals surface area contributed by atoms with Crippen molar-refractivity contribution in [3.8, 4) is 0 Å². The first-order chi connectivity index (χ1) is 6.29. The fraction of sp³-hybridized carbons (Fsp3) is 0.778. The van der Waals surface area contributed by atoms with Gasteiger partial charge < -0.3 is 15.7 Å². The summed E-state index contributed by atoms with van der Waals surface area (Å²) in [5, 5.41) is 8.69. The van der Waals surface area contributed by atoms with Gasteiger partial charge in [-0.2, -0.15) is 0 Å². The van der Waals surface area contributed by atoms with Crippen LogP contribution in [0.3, 0.4) is 0 Å². The van der Waals surface area contributed by atoms with E-state index in [9.17, 15) is 9.59 Å². The number of hydrogen-bond donors (Lipinski definition) is 2. The van der Waals surface area contributed by atoms with Gasteiger partial charge in [-0.05, 0) is 12.8 Å². The zero-order valence-corrected chi connectivity index (χ0v) is 9.02. The van der Waals surface area contributed by atoms with Gasteiger partial charge in [0.1, 0.15) is 6.04 Å². The molecule has 0 saturated heterocycles. The monoisotopic (exact) mass is 202 g/mol. The topological polar surface area (TPSA) is 83.6 Å². The molecular weight excluding hydrogens is 184 g/mol. The van der Waals surface area contributed by atoms with Crippen LogP contribution in [-0.2, 0) is 9.59 Å². The number of rotatable bonds is 4. The van der Waals surface area contributed by atoms with Crippen molar-refractivity contribution in [1.29, 1.82) is 0 Å². The Bertz CT molecular complexity index is 228. The minimum absolute atomic E-state index is 0.00550. The van der Waals surface area contributed by atoms with E-state index in [1.54, 1.807) is 0 Å². The highest BCUT2D eigenvalue weighted by Crippen LogP contribution is 2.05. The predicted octanol–water partition coefficient (Wildman–Crippen LogP) is -0.0988. The molecule has 0 spiro atoms. The summed E-state index contributed by atoms with van der Waals surface area (Å²) in [5.74, 6) is -1.36. The summed E-state index contributed by atoms with van der Waals surface area (Å²) in [6, 6.07) is -1.48. The van der Waals surface area contributed by atoms with Crippen LogP contribution >= 0.6 is 0 Å². The van der Waals surface area contributed by atoms with E-state index in [0.717, 1.165) is 4.90 Å². The summed E-state index contributed by atoms with van der Waals surface area (Å²) >= 11 is 0. The van der Waals surface area contributed by atoms with E-state index in [-0.39, 0.29) is 11.8 Å². The largest absolute Gasteiger partial charge is 0.480 e. The lowest BCUT2D eigenvalue weighted by atomic mass is 10.0. The SMILES string of the molecule is CC(C)[C@H](N)C(=O)N(C)C(C)C(=O)O. The zero-order valence-electron chi connectivity index (χ0n) is 9.02. The summed E-state index contributed by atoms with van der Waals surface area (Å²) < 4.78 is 0. The van der Waals surface area contributed by atoms with Crippen LogP contribution < -0.4 is 5.73 Å². The maximum Gasteiger partial charge on any atom is 0.326 e. The number of likely N-dealkylation sites (N-methyl/N-ethyl adjacent to an activating group) is 1. The highest BCUT2D eigenvalue weighted by atomic mass is 16.4. The Morgan fingerprint density at radius 1 is 1.29 bits per heavy atom. The molecule has 0 aromatic heterocycles.